The molecule has 0 heterocycles. The Morgan fingerprint density at radius 1 is 1.32 bits per heavy atom. The third kappa shape index (κ3) is 3.04. The maximum Gasteiger partial charge on any atom is 0.231 e. The highest BCUT2D eigenvalue weighted by Crippen LogP contribution is 2.38. The van der Waals surface area contributed by atoms with Gasteiger partial charge in [0.25, 0.3) is 0 Å². The lowest BCUT2D eigenvalue weighted by Crippen LogP contribution is -2.40. The van der Waals surface area contributed by atoms with E-state index in [0.717, 1.165) is 18.9 Å². The van der Waals surface area contributed by atoms with Gasteiger partial charge in [-0.05, 0) is 25.0 Å². The van der Waals surface area contributed by atoms with Crippen LogP contribution in [0.3, 0.4) is 0 Å². The summed E-state index contributed by atoms with van der Waals surface area (Å²) in [6, 6.07) is 3.71. The molecule has 1 fully saturated rings. The van der Waals surface area contributed by atoms with Gasteiger partial charge < -0.3 is 11.1 Å². The number of halogens is 3. The SMILES string of the molecule is Cl.NCC1(C(=O)Nc2cccc(F)c2F)CCCC1. The molecular formula is C13H17ClF2N2O. The molecule has 2 rings (SSSR count). The van der Waals surface area contributed by atoms with Crippen molar-refractivity contribution in [1.29, 1.82) is 0 Å². The van der Waals surface area contributed by atoms with Crippen LogP contribution in [0.2, 0.25) is 0 Å². The Labute approximate surface area is 117 Å². The Morgan fingerprint density at radius 3 is 2.53 bits per heavy atom. The van der Waals surface area contributed by atoms with Crippen molar-refractivity contribution in [1.82, 2.24) is 0 Å². The van der Waals surface area contributed by atoms with Crippen LogP contribution in [0, 0.1) is 17.0 Å². The Balaban J connectivity index is 0.00000180. The second-order valence-corrected chi connectivity index (χ2v) is 4.75. The zero-order valence-corrected chi connectivity index (χ0v) is 11.2. The van der Waals surface area contributed by atoms with Gasteiger partial charge in [0.1, 0.15) is 0 Å². The van der Waals surface area contributed by atoms with Crippen molar-refractivity contribution in [2.75, 3.05) is 11.9 Å². The average Bonchev–Trinajstić information content (AvgIpc) is 2.85. The normalized spacial score (nSPS) is 16.8. The molecule has 1 aliphatic carbocycles. The fourth-order valence-corrected chi connectivity index (χ4v) is 2.43. The van der Waals surface area contributed by atoms with E-state index in [4.69, 9.17) is 5.73 Å². The minimum Gasteiger partial charge on any atom is -0.329 e. The Hall–Kier alpha value is -1.20. The van der Waals surface area contributed by atoms with Crippen LogP contribution in [0.1, 0.15) is 25.7 Å². The molecule has 0 unspecified atom stereocenters. The summed E-state index contributed by atoms with van der Waals surface area (Å²) in [6.07, 6.45) is 3.28. The molecular weight excluding hydrogens is 274 g/mol. The van der Waals surface area contributed by atoms with Crippen LogP contribution in [-0.2, 0) is 4.79 Å². The van der Waals surface area contributed by atoms with Gasteiger partial charge in [-0.1, -0.05) is 18.9 Å². The Bertz CT molecular complexity index is 462. The monoisotopic (exact) mass is 290 g/mol. The molecule has 1 aromatic carbocycles. The van der Waals surface area contributed by atoms with Crippen molar-refractivity contribution in [2.24, 2.45) is 11.1 Å². The smallest absolute Gasteiger partial charge is 0.231 e. The largest absolute Gasteiger partial charge is 0.329 e. The third-order valence-electron chi connectivity index (χ3n) is 3.63. The summed E-state index contributed by atoms with van der Waals surface area (Å²) in [6.45, 7) is 0.232. The van der Waals surface area contributed by atoms with E-state index in [1.807, 2.05) is 0 Å². The highest BCUT2D eigenvalue weighted by molar-refractivity contribution is 5.95. The molecule has 0 spiro atoms. The Morgan fingerprint density at radius 2 is 1.95 bits per heavy atom. The van der Waals surface area contributed by atoms with Crippen LogP contribution < -0.4 is 11.1 Å². The summed E-state index contributed by atoms with van der Waals surface area (Å²) in [4.78, 5) is 12.2. The highest BCUT2D eigenvalue weighted by Gasteiger charge is 2.40. The van der Waals surface area contributed by atoms with E-state index in [0.29, 0.717) is 12.8 Å². The predicted octanol–water partition coefficient (Wildman–Crippen LogP) is 2.84. The van der Waals surface area contributed by atoms with Gasteiger partial charge in [0.05, 0.1) is 11.1 Å². The van der Waals surface area contributed by atoms with Crippen molar-refractivity contribution in [3.8, 4) is 0 Å². The number of carbonyl (C=O) groups excluding carboxylic acids is 1. The highest BCUT2D eigenvalue weighted by atomic mass is 35.5. The Kier molecular flexibility index (Phi) is 5.26. The summed E-state index contributed by atoms with van der Waals surface area (Å²) >= 11 is 0. The van der Waals surface area contributed by atoms with Gasteiger partial charge in [0.15, 0.2) is 11.6 Å². The first-order valence-corrected chi connectivity index (χ1v) is 6.05. The van der Waals surface area contributed by atoms with Gasteiger partial charge in [-0.25, -0.2) is 8.78 Å². The maximum atomic E-state index is 13.5. The quantitative estimate of drug-likeness (QED) is 0.899. The lowest BCUT2D eigenvalue weighted by Gasteiger charge is -2.25. The molecule has 106 valence electrons. The van der Waals surface area contributed by atoms with E-state index in [2.05, 4.69) is 5.32 Å². The van der Waals surface area contributed by atoms with Crippen LogP contribution in [0.25, 0.3) is 0 Å². The predicted molar refractivity (Wildman–Crippen MR) is 72.2 cm³/mol. The first kappa shape index (κ1) is 15.9. The maximum absolute atomic E-state index is 13.5. The minimum absolute atomic E-state index is 0. The molecule has 0 radical (unpaired) electrons. The number of anilines is 1. The second kappa shape index (κ2) is 6.30. The van der Waals surface area contributed by atoms with E-state index in [-0.39, 0.29) is 30.5 Å². The number of nitrogens with one attached hydrogen (secondary N) is 1. The van der Waals surface area contributed by atoms with E-state index in [9.17, 15) is 13.6 Å². The molecule has 1 aliphatic rings. The molecule has 1 amide bonds. The summed E-state index contributed by atoms with van der Waals surface area (Å²) in [5.74, 6) is -2.32. The number of hydrogen-bond donors (Lipinski definition) is 2. The molecule has 0 saturated heterocycles. The van der Waals surface area contributed by atoms with Crippen LogP contribution in [0.5, 0.6) is 0 Å². The van der Waals surface area contributed by atoms with Gasteiger partial charge in [-0.3, -0.25) is 4.79 Å². The molecule has 0 aliphatic heterocycles. The van der Waals surface area contributed by atoms with Crippen molar-refractivity contribution in [3.63, 3.8) is 0 Å². The molecule has 19 heavy (non-hydrogen) atoms. The molecule has 6 heteroatoms. The van der Waals surface area contributed by atoms with Crippen LogP contribution in [0.4, 0.5) is 14.5 Å². The number of amides is 1. The first-order chi connectivity index (χ1) is 8.59. The van der Waals surface area contributed by atoms with Crippen LogP contribution >= 0.6 is 12.4 Å². The molecule has 1 saturated carbocycles. The van der Waals surface area contributed by atoms with Gasteiger partial charge in [-0.2, -0.15) is 0 Å². The van der Waals surface area contributed by atoms with E-state index in [1.165, 1.54) is 12.1 Å². The van der Waals surface area contributed by atoms with Crippen molar-refractivity contribution in [2.45, 2.75) is 25.7 Å². The van der Waals surface area contributed by atoms with E-state index < -0.39 is 17.0 Å². The van der Waals surface area contributed by atoms with Gasteiger partial charge in [-0.15, -0.1) is 12.4 Å². The lowest BCUT2D eigenvalue weighted by molar-refractivity contribution is -0.124. The number of benzene rings is 1. The summed E-state index contributed by atoms with van der Waals surface area (Å²) in [7, 11) is 0. The first-order valence-electron chi connectivity index (χ1n) is 6.05. The summed E-state index contributed by atoms with van der Waals surface area (Å²) in [5, 5.41) is 2.45. The molecule has 0 bridgehead atoms. The van der Waals surface area contributed by atoms with Gasteiger partial charge in [0.2, 0.25) is 5.91 Å². The number of hydrogen-bond acceptors (Lipinski definition) is 2. The minimum atomic E-state index is -1.03. The van der Waals surface area contributed by atoms with Gasteiger partial charge in [0, 0.05) is 6.54 Å². The second-order valence-electron chi connectivity index (χ2n) is 4.75. The lowest BCUT2D eigenvalue weighted by atomic mass is 9.85. The number of carbonyl (C=O) groups is 1. The molecule has 0 aromatic heterocycles. The van der Waals surface area contributed by atoms with Crippen LogP contribution in [-0.4, -0.2) is 12.5 Å². The third-order valence-corrected chi connectivity index (χ3v) is 3.63. The fourth-order valence-electron chi connectivity index (χ4n) is 2.43. The zero-order chi connectivity index (χ0) is 13.2. The summed E-state index contributed by atoms with van der Waals surface area (Å²) in [5.41, 5.74) is 4.91. The van der Waals surface area contributed by atoms with Crippen molar-refractivity contribution in [3.05, 3.63) is 29.8 Å². The molecule has 0 atom stereocenters. The zero-order valence-electron chi connectivity index (χ0n) is 10.4. The fraction of sp³-hybridized carbons (Fsp3) is 0.462. The topological polar surface area (TPSA) is 55.1 Å². The standard InChI is InChI=1S/C13H16F2N2O.ClH/c14-9-4-3-5-10(11(9)15)17-12(18)13(8-16)6-1-2-7-13;/h3-5H,1-2,6-8,16H2,(H,17,18);1H. The van der Waals surface area contributed by atoms with E-state index in [1.54, 1.807) is 0 Å². The molecule has 3 N–H and O–H groups in total. The number of rotatable bonds is 3. The van der Waals surface area contributed by atoms with Gasteiger partial charge >= 0.3 is 0 Å². The number of nitrogens with two attached hydrogens (primary N) is 1. The summed E-state index contributed by atoms with van der Waals surface area (Å²) < 4.78 is 26.5. The van der Waals surface area contributed by atoms with Crippen molar-refractivity contribution >= 4 is 24.0 Å². The van der Waals surface area contributed by atoms with Crippen LogP contribution in [0.15, 0.2) is 18.2 Å². The van der Waals surface area contributed by atoms with E-state index >= 15 is 0 Å². The van der Waals surface area contributed by atoms with Crippen molar-refractivity contribution < 1.29 is 13.6 Å². The molecule has 1 aromatic rings. The molecule has 3 nitrogen and oxygen atoms in total. The average molecular weight is 291 g/mol.